The molecule has 19 heavy (non-hydrogen) atoms. The number of aromatic nitrogens is 2. The van der Waals surface area contributed by atoms with Crippen LogP contribution in [0, 0.1) is 0 Å². The number of hydrogen-bond donors (Lipinski definition) is 1. The van der Waals surface area contributed by atoms with Crippen molar-refractivity contribution in [2.75, 3.05) is 13.1 Å². The molecule has 4 nitrogen and oxygen atoms in total. The van der Waals surface area contributed by atoms with Crippen molar-refractivity contribution in [3.05, 3.63) is 11.7 Å². The molecule has 0 spiro atoms. The van der Waals surface area contributed by atoms with Gasteiger partial charge >= 0.3 is 0 Å². The molecular weight excluding hydrogens is 258 g/mol. The Morgan fingerprint density at radius 2 is 2.32 bits per heavy atom. The Balaban J connectivity index is 2.02. The van der Waals surface area contributed by atoms with E-state index in [0.29, 0.717) is 5.25 Å². The molecule has 2 heterocycles. The molecule has 0 bridgehead atoms. The van der Waals surface area contributed by atoms with Crippen LogP contribution in [0.4, 0.5) is 0 Å². The van der Waals surface area contributed by atoms with E-state index in [2.05, 4.69) is 36.2 Å². The quantitative estimate of drug-likeness (QED) is 0.869. The van der Waals surface area contributed by atoms with Crippen molar-refractivity contribution in [2.45, 2.75) is 62.9 Å². The van der Waals surface area contributed by atoms with Gasteiger partial charge in [0, 0.05) is 11.8 Å². The SMILES string of the molecule is CCC(C)SCc1noc(C2(CC)CCCNC2)n1. The van der Waals surface area contributed by atoms with Gasteiger partial charge in [0.25, 0.3) is 0 Å². The van der Waals surface area contributed by atoms with E-state index in [-0.39, 0.29) is 5.41 Å². The predicted molar refractivity (Wildman–Crippen MR) is 79.4 cm³/mol. The van der Waals surface area contributed by atoms with E-state index in [0.717, 1.165) is 43.4 Å². The first-order valence-electron chi connectivity index (χ1n) is 7.35. The second-order valence-corrected chi connectivity index (χ2v) is 6.89. The monoisotopic (exact) mass is 283 g/mol. The summed E-state index contributed by atoms with van der Waals surface area (Å²) in [6.45, 7) is 8.73. The average Bonchev–Trinajstić information content (AvgIpc) is 2.95. The number of nitrogens with zero attached hydrogens (tertiary/aromatic N) is 2. The summed E-state index contributed by atoms with van der Waals surface area (Å²) in [5.74, 6) is 2.53. The third-order valence-electron chi connectivity index (χ3n) is 4.14. The minimum absolute atomic E-state index is 0.0601. The number of hydrogen-bond acceptors (Lipinski definition) is 5. The molecule has 1 aliphatic rings. The van der Waals surface area contributed by atoms with Crippen LogP contribution in [-0.4, -0.2) is 28.5 Å². The minimum atomic E-state index is 0.0601. The first kappa shape index (κ1) is 14.9. The van der Waals surface area contributed by atoms with Crippen LogP contribution < -0.4 is 5.32 Å². The molecule has 0 aliphatic carbocycles. The highest BCUT2D eigenvalue weighted by Crippen LogP contribution is 2.33. The maximum absolute atomic E-state index is 5.55. The number of piperidine rings is 1. The summed E-state index contributed by atoms with van der Waals surface area (Å²) >= 11 is 1.90. The normalized spacial score (nSPS) is 25.4. The lowest BCUT2D eigenvalue weighted by Crippen LogP contribution is -2.43. The van der Waals surface area contributed by atoms with Crippen molar-refractivity contribution >= 4 is 11.8 Å². The van der Waals surface area contributed by atoms with Crippen molar-refractivity contribution in [3.8, 4) is 0 Å². The Morgan fingerprint density at radius 3 is 2.95 bits per heavy atom. The summed E-state index contributed by atoms with van der Waals surface area (Å²) in [4.78, 5) is 4.64. The van der Waals surface area contributed by atoms with Crippen LogP contribution in [0.3, 0.4) is 0 Å². The minimum Gasteiger partial charge on any atom is -0.339 e. The van der Waals surface area contributed by atoms with E-state index in [1.165, 1.54) is 12.8 Å². The highest BCUT2D eigenvalue weighted by molar-refractivity contribution is 7.99. The van der Waals surface area contributed by atoms with E-state index in [9.17, 15) is 0 Å². The van der Waals surface area contributed by atoms with Crippen LogP contribution in [-0.2, 0) is 11.2 Å². The molecule has 1 aliphatic heterocycles. The first-order chi connectivity index (χ1) is 9.20. The molecule has 5 heteroatoms. The lowest BCUT2D eigenvalue weighted by atomic mass is 9.78. The summed E-state index contributed by atoms with van der Waals surface area (Å²) in [6, 6.07) is 0. The fourth-order valence-electron chi connectivity index (χ4n) is 2.47. The van der Waals surface area contributed by atoms with E-state index in [1.807, 2.05) is 11.8 Å². The molecule has 1 fully saturated rings. The molecule has 0 radical (unpaired) electrons. The largest absolute Gasteiger partial charge is 0.339 e. The van der Waals surface area contributed by atoms with Crippen LogP contribution in [0.1, 0.15) is 58.2 Å². The van der Waals surface area contributed by atoms with Gasteiger partial charge < -0.3 is 9.84 Å². The lowest BCUT2D eigenvalue weighted by molar-refractivity contribution is 0.220. The Hall–Kier alpha value is -0.550. The standard InChI is InChI=1S/C14H25N3OS/c1-4-11(3)19-9-12-16-13(18-17-12)14(5-2)7-6-8-15-10-14/h11,15H,4-10H2,1-3H3. The van der Waals surface area contributed by atoms with Gasteiger partial charge in [0.2, 0.25) is 5.89 Å². The average molecular weight is 283 g/mol. The molecule has 1 aromatic heterocycles. The zero-order valence-corrected chi connectivity index (χ0v) is 13.1. The van der Waals surface area contributed by atoms with Gasteiger partial charge in [-0.25, -0.2) is 0 Å². The summed E-state index contributed by atoms with van der Waals surface area (Å²) in [5, 5.41) is 8.27. The number of nitrogens with one attached hydrogen (secondary N) is 1. The maximum Gasteiger partial charge on any atom is 0.234 e. The summed E-state index contributed by atoms with van der Waals surface area (Å²) < 4.78 is 5.55. The Kier molecular flexibility index (Phi) is 5.28. The van der Waals surface area contributed by atoms with Gasteiger partial charge in [0.1, 0.15) is 0 Å². The summed E-state index contributed by atoms with van der Waals surface area (Å²) in [5.41, 5.74) is 0.0601. The molecule has 1 aromatic rings. The Morgan fingerprint density at radius 1 is 1.47 bits per heavy atom. The third-order valence-corrected chi connectivity index (χ3v) is 5.47. The molecule has 2 rings (SSSR count). The fourth-order valence-corrected chi connectivity index (χ4v) is 3.25. The molecule has 108 valence electrons. The van der Waals surface area contributed by atoms with Gasteiger partial charge in [-0.2, -0.15) is 16.7 Å². The molecule has 0 aromatic carbocycles. The molecule has 1 saturated heterocycles. The van der Waals surface area contributed by atoms with Gasteiger partial charge in [-0.05, 0) is 32.2 Å². The second kappa shape index (κ2) is 6.75. The highest BCUT2D eigenvalue weighted by atomic mass is 32.2. The van der Waals surface area contributed by atoms with Crippen molar-refractivity contribution in [1.29, 1.82) is 0 Å². The number of rotatable bonds is 6. The molecule has 0 amide bonds. The van der Waals surface area contributed by atoms with Crippen molar-refractivity contribution in [1.82, 2.24) is 15.5 Å². The molecule has 2 atom stereocenters. The van der Waals surface area contributed by atoms with Crippen molar-refractivity contribution in [2.24, 2.45) is 0 Å². The van der Waals surface area contributed by atoms with Crippen LogP contribution >= 0.6 is 11.8 Å². The van der Waals surface area contributed by atoms with Crippen LogP contribution in [0.15, 0.2) is 4.52 Å². The lowest BCUT2D eigenvalue weighted by Gasteiger charge is -2.33. The van der Waals surface area contributed by atoms with Gasteiger partial charge in [0.15, 0.2) is 5.82 Å². The van der Waals surface area contributed by atoms with Gasteiger partial charge in [-0.1, -0.05) is 25.9 Å². The first-order valence-corrected chi connectivity index (χ1v) is 8.40. The van der Waals surface area contributed by atoms with Crippen LogP contribution in [0.5, 0.6) is 0 Å². The molecule has 2 unspecified atom stereocenters. The predicted octanol–water partition coefficient (Wildman–Crippen LogP) is 3.13. The zero-order valence-electron chi connectivity index (χ0n) is 12.2. The fraction of sp³-hybridized carbons (Fsp3) is 0.857. The van der Waals surface area contributed by atoms with E-state index < -0.39 is 0 Å². The highest BCUT2D eigenvalue weighted by Gasteiger charge is 2.37. The molecular formula is C14H25N3OS. The van der Waals surface area contributed by atoms with Crippen molar-refractivity contribution in [3.63, 3.8) is 0 Å². The third kappa shape index (κ3) is 3.51. The van der Waals surface area contributed by atoms with Crippen LogP contribution in [0.25, 0.3) is 0 Å². The Bertz CT molecular complexity index is 388. The maximum atomic E-state index is 5.55. The van der Waals surface area contributed by atoms with Crippen LogP contribution in [0.2, 0.25) is 0 Å². The molecule has 1 N–H and O–H groups in total. The van der Waals surface area contributed by atoms with E-state index in [4.69, 9.17) is 4.52 Å². The van der Waals surface area contributed by atoms with E-state index >= 15 is 0 Å². The second-order valence-electron chi connectivity index (χ2n) is 5.46. The molecule has 0 saturated carbocycles. The number of thioether (sulfide) groups is 1. The van der Waals surface area contributed by atoms with E-state index in [1.54, 1.807) is 0 Å². The van der Waals surface area contributed by atoms with Crippen molar-refractivity contribution < 1.29 is 4.52 Å². The topological polar surface area (TPSA) is 51.0 Å². The van der Waals surface area contributed by atoms with Gasteiger partial charge in [-0.15, -0.1) is 0 Å². The summed E-state index contributed by atoms with van der Waals surface area (Å²) in [7, 11) is 0. The van der Waals surface area contributed by atoms with Gasteiger partial charge in [-0.3, -0.25) is 0 Å². The zero-order chi connectivity index (χ0) is 13.7. The Labute approximate surface area is 120 Å². The smallest absolute Gasteiger partial charge is 0.234 e. The van der Waals surface area contributed by atoms with Gasteiger partial charge in [0.05, 0.1) is 11.2 Å². The summed E-state index contributed by atoms with van der Waals surface area (Å²) in [6.07, 6.45) is 4.57.